The van der Waals surface area contributed by atoms with Gasteiger partial charge in [0.2, 0.25) is 10.0 Å². The van der Waals surface area contributed by atoms with Crippen LogP contribution in [0.3, 0.4) is 0 Å². The van der Waals surface area contributed by atoms with Gasteiger partial charge >= 0.3 is 5.97 Å². The van der Waals surface area contributed by atoms with E-state index >= 15 is 0 Å². The zero-order valence-corrected chi connectivity index (χ0v) is 19.6. The van der Waals surface area contributed by atoms with Crippen LogP contribution in [0.25, 0.3) is 21.5 Å². The zero-order chi connectivity index (χ0) is 24.3. The molecule has 0 atom stereocenters. The molecule has 7 nitrogen and oxygen atoms in total. The molecule has 0 saturated carbocycles. The number of hydrogen-bond donors (Lipinski definition) is 1. The van der Waals surface area contributed by atoms with Gasteiger partial charge in [-0.3, -0.25) is 4.79 Å². The maximum Gasteiger partial charge on any atom is 0.339 e. The third kappa shape index (κ3) is 4.64. The highest BCUT2D eigenvalue weighted by atomic mass is 32.2. The van der Waals surface area contributed by atoms with Gasteiger partial charge < -0.3 is 10.1 Å². The molecule has 0 fully saturated rings. The Morgan fingerprint density at radius 1 is 0.853 bits per heavy atom. The van der Waals surface area contributed by atoms with E-state index in [1.165, 1.54) is 20.2 Å². The summed E-state index contributed by atoms with van der Waals surface area (Å²) < 4.78 is 31.5. The van der Waals surface area contributed by atoms with Gasteiger partial charge in [0.25, 0.3) is 5.91 Å². The average molecular weight is 477 g/mol. The van der Waals surface area contributed by atoms with Gasteiger partial charge in [0.15, 0.2) is 6.61 Å². The Balaban J connectivity index is 1.49. The highest BCUT2D eigenvalue weighted by Gasteiger charge is 2.21. The van der Waals surface area contributed by atoms with Crippen LogP contribution in [0.5, 0.6) is 0 Å². The van der Waals surface area contributed by atoms with Crippen LogP contribution in [0.15, 0.2) is 83.8 Å². The first-order valence-electron chi connectivity index (χ1n) is 10.6. The van der Waals surface area contributed by atoms with Gasteiger partial charge in [-0.15, -0.1) is 0 Å². The fourth-order valence-electron chi connectivity index (χ4n) is 3.78. The molecule has 0 aromatic heterocycles. The summed E-state index contributed by atoms with van der Waals surface area (Å²) in [5.74, 6) is -1.13. The van der Waals surface area contributed by atoms with Crippen molar-refractivity contribution in [1.29, 1.82) is 0 Å². The Hall–Kier alpha value is -3.75. The lowest BCUT2D eigenvalue weighted by atomic mass is 9.97. The minimum absolute atomic E-state index is 0.0170. The van der Waals surface area contributed by atoms with Crippen LogP contribution < -0.4 is 5.32 Å². The van der Waals surface area contributed by atoms with Crippen LogP contribution in [-0.4, -0.2) is 45.3 Å². The van der Waals surface area contributed by atoms with E-state index in [4.69, 9.17) is 4.74 Å². The van der Waals surface area contributed by atoms with Crippen molar-refractivity contribution in [2.75, 3.05) is 20.7 Å². The van der Waals surface area contributed by atoms with E-state index in [2.05, 4.69) is 5.32 Å². The third-order valence-corrected chi connectivity index (χ3v) is 7.43. The molecule has 0 aliphatic carbocycles. The van der Waals surface area contributed by atoms with E-state index in [0.717, 1.165) is 25.9 Å². The van der Waals surface area contributed by atoms with Crippen LogP contribution in [0, 0.1) is 0 Å². The molecule has 0 saturated heterocycles. The van der Waals surface area contributed by atoms with E-state index in [-0.39, 0.29) is 11.4 Å². The summed E-state index contributed by atoms with van der Waals surface area (Å²) in [5, 5.41) is 5.92. The van der Waals surface area contributed by atoms with Crippen LogP contribution >= 0.6 is 0 Å². The first kappa shape index (κ1) is 23.4. The molecular weight excluding hydrogens is 452 g/mol. The molecule has 1 amide bonds. The van der Waals surface area contributed by atoms with Crippen molar-refractivity contribution in [2.45, 2.75) is 11.4 Å². The number of hydrogen-bond acceptors (Lipinski definition) is 5. The quantitative estimate of drug-likeness (QED) is 0.324. The minimum atomic E-state index is -3.66. The maximum absolute atomic E-state index is 13.0. The summed E-state index contributed by atoms with van der Waals surface area (Å²) in [6, 6.07) is 23.5. The number of ether oxygens (including phenoxy) is 1. The van der Waals surface area contributed by atoms with Gasteiger partial charge in [0, 0.05) is 20.6 Å². The second-order valence-corrected chi connectivity index (χ2v) is 10.1. The topological polar surface area (TPSA) is 92.8 Å². The number of rotatable bonds is 7. The number of fused-ring (bicyclic) bond motifs is 2. The van der Waals surface area contributed by atoms with E-state index in [0.29, 0.717) is 11.1 Å². The van der Waals surface area contributed by atoms with Crippen molar-refractivity contribution < 1.29 is 22.7 Å². The lowest BCUT2D eigenvalue weighted by Crippen LogP contribution is -2.30. The van der Waals surface area contributed by atoms with Crippen LogP contribution in [-0.2, 0) is 26.1 Å². The smallest absolute Gasteiger partial charge is 0.339 e. The molecule has 174 valence electrons. The van der Waals surface area contributed by atoms with Crippen molar-refractivity contribution in [3.63, 3.8) is 0 Å². The SMILES string of the molecule is CN(C)S(=O)(=O)c1ccccc1CNC(=O)COC(=O)c1c2ccccc2cc2ccccc12. The molecule has 0 aliphatic rings. The number of carbonyl (C=O) groups excluding carboxylic acids is 2. The number of carbonyl (C=O) groups is 2. The summed E-state index contributed by atoms with van der Waals surface area (Å²) in [7, 11) is -0.771. The van der Waals surface area contributed by atoms with E-state index in [1.54, 1.807) is 18.2 Å². The first-order valence-corrected chi connectivity index (χ1v) is 12.1. The summed E-state index contributed by atoms with van der Waals surface area (Å²) in [4.78, 5) is 25.6. The Morgan fingerprint density at radius 2 is 1.41 bits per heavy atom. The number of amides is 1. The second kappa shape index (κ2) is 9.62. The predicted molar refractivity (Wildman–Crippen MR) is 131 cm³/mol. The molecule has 0 heterocycles. The molecule has 34 heavy (non-hydrogen) atoms. The number of nitrogens with one attached hydrogen (secondary N) is 1. The van der Waals surface area contributed by atoms with Gasteiger partial charge in [0.05, 0.1) is 10.5 Å². The van der Waals surface area contributed by atoms with Gasteiger partial charge in [-0.25, -0.2) is 17.5 Å². The zero-order valence-electron chi connectivity index (χ0n) is 18.8. The number of esters is 1. The summed E-state index contributed by atoms with van der Waals surface area (Å²) >= 11 is 0. The lowest BCUT2D eigenvalue weighted by Gasteiger charge is -2.15. The van der Waals surface area contributed by atoms with Crippen LogP contribution in [0.4, 0.5) is 0 Å². The van der Waals surface area contributed by atoms with Crippen molar-refractivity contribution >= 4 is 43.4 Å². The largest absolute Gasteiger partial charge is 0.452 e. The molecule has 4 aromatic rings. The average Bonchev–Trinajstić information content (AvgIpc) is 2.84. The molecule has 0 radical (unpaired) electrons. The molecule has 4 aromatic carbocycles. The number of benzene rings is 4. The van der Waals surface area contributed by atoms with Crippen LogP contribution in [0.1, 0.15) is 15.9 Å². The molecule has 0 unspecified atom stereocenters. The first-order chi connectivity index (χ1) is 16.3. The fraction of sp³-hybridized carbons (Fsp3) is 0.154. The number of sulfonamides is 1. The lowest BCUT2D eigenvalue weighted by molar-refractivity contribution is -0.124. The van der Waals surface area contributed by atoms with Crippen molar-refractivity contribution in [2.24, 2.45) is 0 Å². The Bertz CT molecular complexity index is 1440. The molecule has 0 aliphatic heterocycles. The molecule has 4 rings (SSSR count). The Labute approximate surface area is 198 Å². The van der Waals surface area contributed by atoms with Crippen molar-refractivity contribution in [3.05, 3.63) is 90.0 Å². The standard InChI is InChI=1S/C26H24N2O5S/c1-28(2)34(31,32)23-14-8-5-11-20(23)16-27-24(29)17-33-26(30)25-21-12-6-3-9-18(21)15-19-10-4-7-13-22(19)25/h3-15H,16-17H2,1-2H3,(H,27,29). The van der Waals surface area contributed by atoms with E-state index in [9.17, 15) is 18.0 Å². The summed E-state index contributed by atoms with van der Waals surface area (Å²) in [5.41, 5.74) is 0.847. The Morgan fingerprint density at radius 3 is 2.03 bits per heavy atom. The molecular formula is C26H24N2O5S. The van der Waals surface area contributed by atoms with Crippen LogP contribution in [0.2, 0.25) is 0 Å². The van der Waals surface area contributed by atoms with Gasteiger partial charge in [-0.2, -0.15) is 0 Å². The normalized spacial score (nSPS) is 11.6. The van der Waals surface area contributed by atoms with Crippen molar-refractivity contribution in [1.82, 2.24) is 9.62 Å². The van der Waals surface area contributed by atoms with E-state index < -0.39 is 28.5 Å². The highest BCUT2D eigenvalue weighted by molar-refractivity contribution is 7.89. The fourth-order valence-corrected chi connectivity index (χ4v) is 4.90. The van der Waals surface area contributed by atoms with E-state index in [1.807, 2.05) is 54.6 Å². The maximum atomic E-state index is 13.0. The molecule has 8 heteroatoms. The monoisotopic (exact) mass is 476 g/mol. The van der Waals surface area contributed by atoms with Crippen molar-refractivity contribution in [3.8, 4) is 0 Å². The minimum Gasteiger partial charge on any atom is -0.452 e. The predicted octanol–water partition coefficient (Wildman–Crippen LogP) is 3.72. The second-order valence-electron chi connectivity index (χ2n) is 7.94. The van der Waals surface area contributed by atoms with Gasteiger partial charge in [-0.1, -0.05) is 66.7 Å². The van der Waals surface area contributed by atoms with Gasteiger partial charge in [-0.05, 0) is 39.2 Å². The summed E-state index contributed by atoms with van der Waals surface area (Å²) in [6.45, 7) is -0.504. The highest BCUT2D eigenvalue weighted by Crippen LogP contribution is 2.29. The number of nitrogens with zero attached hydrogens (tertiary/aromatic N) is 1. The molecule has 0 bridgehead atoms. The molecule has 1 N–H and O–H groups in total. The molecule has 0 spiro atoms. The summed E-state index contributed by atoms with van der Waals surface area (Å²) in [6.07, 6.45) is 0. The third-order valence-electron chi connectivity index (χ3n) is 5.52. The Kier molecular flexibility index (Phi) is 6.63. The van der Waals surface area contributed by atoms with Gasteiger partial charge in [0.1, 0.15) is 0 Å².